The lowest BCUT2D eigenvalue weighted by Gasteiger charge is -2.13. The Morgan fingerprint density at radius 3 is 2.20 bits per heavy atom. The number of halogens is 3. The van der Waals surface area contributed by atoms with Gasteiger partial charge in [-0.2, -0.15) is 26.3 Å². The first kappa shape index (κ1) is 14.6. The Bertz CT molecular complexity index is 278. The Labute approximate surface area is 86.6 Å². The second-order valence-electron chi connectivity index (χ2n) is 2.98. The highest BCUT2D eigenvalue weighted by atomic mass is 32.2. The van der Waals surface area contributed by atoms with Gasteiger partial charge in [-0.1, -0.05) is 0 Å². The zero-order valence-corrected chi connectivity index (χ0v) is 9.17. The highest BCUT2D eigenvalue weighted by Gasteiger charge is 2.29. The first-order valence-corrected chi connectivity index (χ1v) is 5.63. The summed E-state index contributed by atoms with van der Waals surface area (Å²) >= 11 is 0. The molecule has 0 aliphatic heterocycles. The predicted octanol–water partition coefficient (Wildman–Crippen LogP) is -0.419. The first-order chi connectivity index (χ1) is 6.66. The van der Waals surface area contributed by atoms with Gasteiger partial charge in [0.1, 0.15) is 6.54 Å². The van der Waals surface area contributed by atoms with Crippen LogP contribution in [0.2, 0.25) is 0 Å². The molecular weight excluding hydrogens is 235 g/mol. The molecule has 0 aromatic heterocycles. The van der Waals surface area contributed by atoms with Crippen LogP contribution in [0, 0.1) is 0 Å². The quantitative estimate of drug-likeness (QED) is 0.599. The van der Waals surface area contributed by atoms with Crippen molar-refractivity contribution in [1.82, 2.24) is 14.8 Å². The molecule has 1 unspecified atom stereocenters. The molecular formula is C6H14F3N3O2S. The number of hydrogen-bond acceptors (Lipinski definition) is 3. The lowest BCUT2D eigenvalue weighted by Crippen LogP contribution is -2.45. The van der Waals surface area contributed by atoms with Crippen LogP contribution in [0.1, 0.15) is 6.92 Å². The standard InChI is InChI=1S/C6H14F3N3O2S/c1-5(10-2)3-11-15(13,14)12-4-6(7,8)9/h5,10-12H,3-4H2,1-2H3. The highest BCUT2D eigenvalue weighted by molar-refractivity contribution is 7.87. The van der Waals surface area contributed by atoms with Crippen LogP contribution in [-0.2, 0) is 10.2 Å². The molecule has 0 aromatic rings. The molecule has 0 aliphatic rings. The Kier molecular flexibility index (Phi) is 5.49. The molecule has 3 N–H and O–H groups in total. The molecule has 0 heterocycles. The molecule has 0 rings (SSSR count). The van der Waals surface area contributed by atoms with E-state index in [1.54, 1.807) is 14.0 Å². The van der Waals surface area contributed by atoms with Crippen LogP contribution in [0.25, 0.3) is 0 Å². The predicted molar refractivity (Wildman–Crippen MR) is 49.5 cm³/mol. The van der Waals surface area contributed by atoms with E-state index in [-0.39, 0.29) is 12.6 Å². The molecule has 0 radical (unpaired) electrons. The molecule has 0 saturated carbocycles. The summed E-state index contributed by atoms with van der Waals surface area (Å²) in [5.74, 6) is 0. The minimum absolute atomic E-state index is 0.0176. The fourth-order valence-corrected chi connectivity index (χ4v) is 1.49. The van der Waals surface area contributed by atoms with E-state index in [0.717, 1.165) is 0 Å². The molecule has 0 amide bonds. The average Bonchev–Trinajstić information content (AvgIpc) is 2.10. The number of alkyl halides is 3. The SMILES string of the molecule is CNC(C)CNS(=O)(=O)NCC(F)(F)F. The summed E-state index contributed by atoms with van der Waals surface area (Å²) in [6.07, 6.45) is -4.55. The van der Waals surface area contributed by atoms with Crippen molar-refractivity contribution in [2.75, 3.05) is 20.1 Å². The summed E-state index contributed by atoms with van der Waals surface area (Å²) < 4.78 is 60.3. The van der Waals surface area contributed by atoms with Gasteiger partial charge in [0.15, 0.2) is 0 Å². The second-order valence-corrected chi connectivity index (χ2v) is 4.56. The summed E-state index contributed by atoms with van der Waals surface area (Å²) in [5, 5.41) is 2.73. The van der Waals surface area contributed by atoms with E-state index in [2.05, 4.69) is 5.32 Å². The van der Waals surface area contributed by atoms with Gasteiger partial charge in [-0.15, -0.1) is 0 Å². The lowest BCUT2D eigenvalue weighted by molar-refractivity contribution is -0.121. The number of rotatable bonds is 6. The van der Waals surface area contributed by atoms with Gasteiger partial charge < -0.3 is 5.32 Å². The molecule has 92 valence electrons. The van der Waals surface area contributed by atoms with Crippen molar-refractivity contribution in [1.29, 1.82) is 0 Å². The van der Waals surface area contributed by atoms with Gasteiger partial charge in [-0.05, 0) is 14.0 Å². The average molecular weight is 249 g/mol. The largest absolute Gasteiger partial charge is 0.402 e. The van der Waals surface area contributed by atoms with Crippen LogP contribution >= 0.6 is 0 Å². The molecule has 0 aliphatic carbocycles. The van der Waals surface area contributed by atoms with Gasteiger partial charge in [0.2, 0.25) is 0 Å². The summed E-state index contributed by atoms with van der Waals surface area (Å²) in [6.45, 7) is 0.131. The summed E-state index contributed by atoms with van der Waals surface area (Å²) in [5.41, 5.74) is 0. The summed E-state index contributed by atoms with van der Waals surface area (Å²) in [7, 11) is -2.47. The Morgan fingerprint density at radius 2 is 1.80 bits per heavy atom. The van der Waals surface area contributed by atoms with E-state index >= 15 is 0 Å². The van der Waals surface area contributed by atoms with Crippen molar-refractivity contribution < 1.29 is 21.6 Å². The van der Waals surface area contributed by atoms with Crippen LogP contribution in [0.5, 0.6) is 0 Å². The number of hydrogen-bond donors (Lipinski definition) is 3. The first-order valence-electron chi connectivity index (χ1n) is 4.14. The molecule has 0 fully saturated rings. The maximum atomic E-state index is 11.7. The highest BCUT2D eigenvalue weighted by Crippen LogP contribution is 2.12. The third-order valence-corrected chi connectivity index (χ3v) is 2.61. The van der Waals surface area contributed by atoms with Gasteiger partial charge in [0.25, 0.3) is 10.2 Å². The molecule has 0 bridgehead atoms. The van der Waals surface area contributed by atoms with Crippen molar-refractivity contribution >= 4 is 10.2 Å². The van der Waals surface area contributed by atoms with Crippen molar-refractivity contribution in [2.45, 2.75) is 19.1 Å². The molecule has 15 heavy (non-hydrogen) atoms. The fourth-order valence-electron chi connectivity index (χ4n) is 0.565. The van der Waals surface area contributed by atoms with Gasteiger partial charge in [0, 0.05) is 12.6 Å². The molecule has 0 aromatic carbocycles. The molecule has 9 heteroatoms. The number of likely N-dealkylation sites (N-methyl/N-ethyl adjacent to an activating group) is 1. The van der Waals surface area contributed by atoms with Crippen molar-refractivity contribution in [3.63, 3.8) is 0 Å². The van der Waals surface area contributed by atoms with E-state index < -0.39 is 22.9 Å². The second kappa shape index (κ2) is 5.64. The van der Waals surface area contributed by atoms with Crippen LogP contribution in [-0.4, -0.2) is 40.8 Å². The zero-order valence-electron chi connectivity index (χ0n) is 8.35. The lowest BCUT2D eigenvalue weighted by atomic mass is 10.4. The van der Waals surface area contributed by atoms with Gasteiger partial charge in [-0.25, -0.2) is 4.72 Å². The molecule has 0 saturated heterocycles. The monoisotopic (exact) mass is 249 g/mol. The van der Waals surface area contributed by atoms with Gasteiger partial charge >= 0.3 is 6.18 Å². The van der Waals surface area contributed by atoms with E-state index in [1.807, 2.05) is 4.72 Å². The maximum absolute atomic E-state index is 11.7. The van der Waals surface area contributed by atoms with E-state index in [1.165, 1.54) is 4.72 Å². The Hall–Kier alpha value is -0.380. The van der Waals surface area contributed by atoms with E-state index in [9.17, 15) is 21.6 Å². The van der Waals surface area contributed by atoms with Crippen molar-refractivity contribution in [3.05, 3.63) is 0 Å². The van der Waals surface area contributed by atoms with E-state index in [0.29, 0.717) is 0 Å². The number of nitrogens with one attached hydrogen (secondary N) is 3. The Morgan fingerprint density at radius 1 is 1.27 bits per heavy atom. The molecule has 0 spiro atoms. The van der Waals surface area contributed by atoms with Crippen LogP contribution in [0.3, 0.4) is 0 Å². The van der Waals surface area contributed by atoms with Crippen LogP contribution in [0.4, 0.5) is 13.2 Å². The molecule has 5 nitrogen and oxygen atoms in total. The zero-order chi connectivity index (χ0) is 12.1. The third kappa shape index (κ3) is 8.60. The molecule has 1 atom stereocenters. The third-order valence-electron chi connectivity index (χ3n) is 1.53. The van der Waals surface area contributed by atoms with Crippen LogP contribution in [0.15, 0.2) is 0 Å². The van der Waals surface area contributed by atoms with Crippen molar-refractivity contribution in [2.24, 2.45) is 0 Å². The van der Waals surface area contributed by atoms with Crippen LogP contribution < -0.4 is 14.8 Å². The van der Waals surface area contributed by atoms with Gasteiger partial charge in [-0.3, -0.25) is 0 Å². The topological polar surface area (TPSA) is 70.2 Å². The minimum atomic E-state index is -4.55. The smallest absolute Gasteiger partial charge is 0.316 e. The van der Waals surface area contributed by atoms with Crippen molar-refractivity contribution in [3.8, 4) is 0 Å². The maximum Gasteiger partial charge on any atom is 0.402 e. The Balaban J connectivity index is 3.99. The summed E-state index contributed by atoms with van der Waals surface area (Å²) in [4.78, 5) is 0. The normalized spacial score (nSPS) is 15.3. The van der Waals surface area contributed by atoms with E-state index in [4.69, 9.17) is 0 Å². The minimum Gasteiger partial charge on any atom is -0.316 e. The van der Waals surface area contributed by atoms with Gasteiger partial charge in [0.05, 0.1) is 0 Å². The fraction of sp³-hybridized carbons (Fsp3) is 1.00. The summed E-state index contributed by atoms with van der Waals surface area (Å²) in [6, 6.07) is -0.160.